The minimum Gasteiger partial charge on any atom is -0.351 e. The number of carbonyl (C=O) groups excluding carboxylic acids is 1. The van der Waals surface area contributed by atoms with E-state index in [4.69, 9.17) is 5.73 Å². The lowest BCUT2D eigenvalue weighted by Gasteiger charge is -2.13. The van der Waals surface area contributed by atoms with Gasteiger partial charge in [-0.15, -0.1) is 0 Å². The number of H-pyrrole nitrogens is 2. The molecule has 3 heterocycles. The summed E-state index contributed by atoms with van der Waals surface area (Å²) in [4.78, 5) is 30.9. The molecule has 1 atom stereocenters. The summed E-state index contributed by atoms with van der Waals surface area (Å²) in [7, 11) is 0. The molecule has 5 rings (SSSR count). The molecule has 8 nitrogen and oxygen atoms in total. The Kier molecular flexibility index (Phi) is 5.56. The molecule has 0 saturated carbocycles. The smallest absolute Gasteiger partial charge is 0.314 e. The Hall–Kier alpha value is -3.94. The summed E-state index contributed by atoms with van der Waals surface area (Å²) in [6, 6.07) is 15.5. The van der Waals surface area contributed by atoms with E-state index < -0.39 is 0 Å². The average Bonchev–Trinajstić information content (AvgIpc) is 3.48. The number of carbonyl (C=O) groups is 1. The van der Waals surface area contributed by atoms with E-state index in [2.05, 4.69) is 32.3 Å². The predicted molar refractivity (Wildman–Crippen MR) is 115 cm³/mol. The van der Waals surface area contributed by atoms with Gasteiger partial charge in [0.05, 0.1) is 23.4 Å². The van der Waals surface area contributed by atoms with E-state index >= 15 is 0 Å². The number of hydrogen-bond acceptors (Lipinski definition) is 4. The van der Waals surface area contributed by atoms with Gasteiger partial charge in [-0.3, -0.25) is 9.89 Å². The summed E-state index contributed by atoms with van der Waals surface area (Å²) >= 11 is 0. The normalized spacial score (nSPS) is 15.6. The molecule has 2 amide bonds. The van der Waals surface area contributed by atoms with Gasteiger partial charge in [-0.1, -0.05) is 36.4 Å². The second-order valence-electron chi connectivity index (χ2n) is 7.13. The van der Waals surface area contributed by atoms with E-state index in [9.17, 15) is 9.59 Å². The zero-order chi connectivity index (χ0) is 20.9. The van der Waals surface area contributed by atoms with Crippen molar-refractivity contribution >= 4 is 16.9 Å². The number of nitrogens with one attached hydrogen (secondary N) is 2. The topological polar surface area (TPSA) is 121 Å². The Morgan fingerprint density at radius 1 is 1.13 bits per heavy atom. The van der Waals surface area contributed by atoms with Crippen LogP contribution in [0.5, 0.6) is 0 Å². The van der Waals surface area contributed by atoms with Gasteiger partial charge < -0.3 is 15.6 Å². The third-order valence-electron chi connectivity index (χ3n) is 5.24. The van der Waals surface area contributed by atoms with Crippen LogP contribution < -0.4 is 11.3 Å². The molecule has 0 bridgehead atoms. The number of urea groups is 1. The highest BCUT2D eigenvalue weighted by molar-refractivity contribution is 5.83. The van der Waals surface area contributed by atoms with Crippen LogP contribution in [0.15, 0.2) is 72.0 Å². The van der Waals surface area contributed by atoms with Gasteiger partial charge in [-0.2, -0.15) is 5.10 Å². The Bertz CT molecular complexity index is 1190. The third kappa shape index (κ3) is 4.22. The van der Waals surface area contributed by atoms with E-state index in [0.29, 0.717) is 16.8 Å². The van der Waals surface area contributed by atoms with Crippen molar-refractivity contribution in [2.75, 3.05) is 13.1 Å². The summed E-state index contributed by atoms with van der Waals surface area (Å²) in [5, 5.41) is 7.20. The first-order chi connectivity index (χ1) is 14.6. The van der Waals surface area contributed by atoms with E-state index in [1.54, 1.807) is 17.3 Å². The molecular formula is C22H22N6O2. The van der Waals surface area contributed by atoms with Crippen LogP contribution in [0.3, 0.4) is 0 Å². The van der Waals surface area contributed by atoms with Gasteiger partial charge in [-0.25, -0.2) is 9.78 Å². The van der Waals surface area contributed by atoms with Crippen LogP contribution in [-0.4, -0.2) is 44.2 Å². The van der Waals surface area contributed by atoms with Gasteiger partial charge in [0.15, 0.2) is 0 Å². The molecule has 30 heavy (non-hydrogen) atoms. The molecule has 0 radical (unpaired) electrons. The number of aromatic amines is 2. The van der Waals surface area contributed by atoms with Crippen molar-refractivity contribution in [1.82, 2.24) is 25.1 Å². The van der Waals surface area contributed by atoms with Crippen LogP contribution in [0.25, 0.3) is 22.0 Å². The number of nitrogens with zero attached hydrogens (tertiary/aromatic N) is 3. The molecule has 2 aromatic heterocycles. The predicted octanol–water partition coefficient (Wildman–Crippen LogP) is 2.87. The van der Waals surface area contributed by atoms with Crippen molar-refractivity contribution in [2.45, 2.75) is 12.3 Å². The number of amides is 2. The van der Waals surface area contributed by atoms with E-state index in [0.717, 1.165) is 30.6 Å². The first-order valence-electron chi connectivity index (χ1n) is 9.68. The molecule has 0 spiro atoms. The number of benzene rings is 2. The second kappa shape index (κ2) is 8.60. The highest BCUT2D eigenvalue weighted by atomic mass is 16.2. The summed E-state index contributed by atoms with van der Waals surface area (Å²) in [6.45, 7) is 1.55. The summed E-state index contributed by atoms with van der Waals surface area (Å²) in [5.41, 5.74) is 8.98. The standard InChI is InChI=1S/C11H8N4O.C11H14N2O/c16-11-9-3-7(8-4-14-15-5-8)1-2-10(9)12-6-13-11;12-11(14)13-7-6-10(8-13)9-4-2-1-3-5-9/h1-6H,(H,14,15)(H,12,13,16);1-5,10H,6-8H2,(H2,12,14)/t;10-/m.1/s1. The highest BCUT2D eigenvalue weighted by Gasteiger charge is 2.25. The SMILES string of the molecule is NC(=O)N1CC[C@@H](c2ccccc2)C1.O=c1[nH]cnc2ccc(-c3cn[nH]c3)cc12. The lowest BCUT2D eigenvalue weighted by molar-refractivity contribution is 0.218. The minimum atomic E-state index is -0.302. The Balaban J connectivity index is 0.000000147. The van der Waals surface area contributed by atoms with Crippen molar-refractivity contribution in [3.63, 3.8) is 0 Å². The molecule has 152 valence electrons. The maximum atomic E-state index is 11.6. The average molecular weight is 402 g/mol. The number of nitrogens with two attached hydrogens (primary N) is 1. The van der Waals surface area contributed by atoms with Gasteiger partial charge in [0.25, 0.3) is 5.56 Å². The number of likely N-dealkylation sites (tertiary alicyclic amines) is 1. The van der Waals surface area contributed by atoms with Crippen LogP contribution >= 0.6 is 0 Å². The van der Waals surface area contributed by atoms with Crippen LogP contribution in [0.4, 0.5) is 4.79 Å². The van der Waals surface area contributed by atoms with Gasteiger partial charge in [0.2, 0.25) is 0 Å². The van der Waals surface area contributed by atoms with Gasteiger partial charge in [-0.05, 0) is 29.7 Å². The fourth-order valence-electron chi connectivity index (χ4n) is 3.61. The van der Waals surface area contributed by atoms with Crippen molar-refractivity contribution < 1.29 is 4.79 Å². The third-order valence-corrected chi connectivity index (χ3v) is 5.24. The fraction of sp³-hybridized carbons (Fsp3) is 0.182. The summed E-state index contributed by atoms with van der Waals surface area (Å²) in [6.07, 6.45) is 5.92. The molecular weight excluding hydrogens is 380 g/mol. The maximum absolute atomic E-state index is 11.6. The maximum Gasteiger partial charge on any atom is 0.314 e. The molecule has 0 aliphatic carbocycles. The van der Waals surface area contributed by atoms with E-state index in [1.807, 2.05) is 36.4 Å². The van der Waals surface area contributed by atoms with Gasteiger partial charge in [0, 0.05) is 30.8 Å². The Labute approximate surface area is 172 Å². The second-order valence-corrected chi connectivity index (χ2v) is 7.13. The monoisotopic (exact) mass is 402 g/mol. The van der Waals surface area contributed by atoms with Crippen molar-refractivity contribution in [3.05, 3.63) is 83.2 Å². The van der Waals surface area contributed by atoms with Crippen LogP contribution in [0.2, 0.25) is 0 Å². The molecule has 4 N–H and O–H groups in total. The quantitative estimate of drug-likeness (QED) is 0.477. The molecule has 8 heteroatoms. The van der Waals surface area contributed by atoms with Gasteiger partial charge in [0.1, 0.15) is 0 Å². The van der Waals surface area contributed by atoms with Crippen molar-refractivity contribution in [1.29, 1.82) is 0 Å². The number of rotatable bonds is 2. The van der Waals surface area contributed by atoms with E-state index in [-0.39, 0.29) is 11.6 Å². The number of fused-ring (bicyclic) bond motifs is 1. The highest BCUT2D eigenvalue weighted by Crippen LogP contribution is 2.26. The zero-order valence-corrected chi connectivity index (χ0v) is 16.3. The van der Waals surface area contributed by atoms with Crippen LogP contribution in [0, 0.1) is 0 Å². The first kappa shape index (κ1) is 19.4. The van der Waals surface area contributed by atoms with Gasteiger partial charge >= 0.3 is 6.03 Å². The molecule has 2 aromatic carbocycles. The number of aromatic nitrogens is 4. The lowest BCUT2D eigenvalue weighted by atomic mass is 9.99. The molecule has 4 aromatic rings. The Morgan fingerprint density at radius 2 is 1.97 bits per heavy atom. The largest absolute Gasteiger partial charge is 0.351 e. The fourth-order valence-corrected chi connectivity index (χ4v) is 3.61. The number of hydrogen-bond donors (Lipinski definition) is 3. The molecule has 1 fully saturated rings. The molecule has 1 aliphatic rings. The molecule has 0 unspecified atom stereocenters. The van der Waals surface area contributed by atoms with Crippen LogP contribution in [0.1, 0.15) is 17.9 Å². The number of primary amides is 1. The molecule has 1 saturated heterocycles. The Morgan fingerprint density at radius 3 is 2.67 bits per heavy atom. The van der Waals surface area contributed by atoms with Crippen molar-refractivity contribution in [2.24, 2.45) is 5.73 Å². The summed E-state index contributed by atoms with van der Waals surface area (Å²) < 4.78 is 0. The van der Waals surface area contributed by atoms with Crippen LogP contribution in [-0.2, 0) is 0 Å². The van der Waals surface area contributed by atoms with Crippen molar-refractivity contribution in [3.8, 4) is 11.1 Å². The zero-order valence-electron chi connectivity index (χ0n) is 16.3. The van der Waals surface area contributed by atoms with E-state index in [1.165, 1.54) is 11.9 Å². The first-order valence-corrected chi connectivity index (χ1v) is 9.68. The lowest BCUT2D eigenvalue weighted by Crippen LogP contribution is -2.33. The molecule has 1 aliphatic heterocycles. The summed E-state index contributed by atoms with van der Waals surface area (Å²) in [5.74, 6) is 0.462. The minimum absolute atomic E-state index is 0.129.